The number of hydrogen-bond acceptors (Lipinski definition) is 1. The molecule has 0 bridgehead atoms. The Bertz CT molecular complexity index is 199. The van der Waals surface area contributed by atoms with E-state index in [0.29, 0.717) is 5.92 Å². The molecule has 0 saturated heterocycles. The third-order valence-corrected chi connectivity index (χ3v) is 3.75. The summed E-state index contributed by atoms with van der Waals surface area (Å²) >= 11 is 12.2. The molecule has 82 valence electrons. The highest BCUT2D eigenvalue weighted by molar-refractivity contribution is 6.31. The van der Waals surface area contributed by atoms with E-state index in [-0.39, 0.29) is 5.38 Å². The quantitative estimate of drug-likeness (QED) is 0.675. The Morgan fingerprint density at radius 3 is 2.57 bits per heavy atom. The van der Waals surface area contributed by atoms with Crippen LogP contribution in [-0.2, 0) is 0 Å². The van der Waals surface area contributed by atoms with E-state index in [1.807, 2.05) is 0 Å². The summed E-state index contributed by atoms with van der Waals surface area (Å²) < 4.78 is 0. The Kier molecular flexibility index (Phi) is 5.29. The minimum Gasteiger partial charge on any atom is -0.304 e. The first-order chi connectivity index (χ1) is 6.67. The Morgan fingerprint density at radius 2 is 2.07 bits per heavy atom. The Labute approximate surface area is 97.1 Å². The van der Waals surface area contributed by atoms with Crippen molar-refractivity contribution in [1.29, 1.82) is 0 Å². The lowest BCUT2D eigenvalue weighted by Crippen LogP contribution is -2.34. The van der Waals surface area contributed by atoms with Gasteiger partial charge in [-0.3, -0.25) is 0 Å². The molecular formula is C11H19Cl2N. The third-order valence-electron chi connectivity index (χ3n) is 2.93. The predicted octanol–water partition coefficient (Wildman–Crippen LogP) is 3.47. The van der Waals surface area contributed by atoms with Crippen LogP contribution in [-0.4, -0.2) is 29.9 Å². The summed E-state index contributed by atoms with van der Waals surface area (Å²) in [4.78, 5) is 2.42. The maximum atomic E-state index is 6.28. The van der Waals surface area contributed by atoms with Crippen molar-refractivity contribution in [3.63, 3.8) is 0 Å². The maximum Gasteiger partial charge on any atom is 0.0428 e. The zero-order valence-corrected chi connectivity index (χ0v) is 10.5. The number of rotatable bonds is 4. The molecule has 1 rings (SSSR count). The SMILES string of the molecule is CCN(CC)CC1CC=C(Cl)CC1Cl. The van der Waals surface area contributed by atoms with Crippen molar-refractivity contribution in [2.45, 2.75) is 32.1 Å². The fraction of sp³-hybridized carbons (Fsp3) is 0.818. The van der Waals surface area contributed by atoms with Gasteiger partial charge in [-0.05, 0) is 31.8 Å². The first kappa shape index (κ1) is 12.4. The average Bonchev–Trinajstić information content (AvgIpc) is 2.17. The van der Waals surface area contributed by atoms with E-state index in [0.717, 1.165) is 37.5 Å². The highest BCUT2D eigenvalue weighted by Crippen LogP contribution is 2.30. The van der Waals surface area contributed by atoms with Gasteiger partial charge in [0.2, 0.25) is 0 Å². The molecule has 1 nitrogen and oxygen atoms in total. The van der Waals surface area contributed by atoms with Gasteiger partial charge in [0.1, 0.15) is 0 Å². The first-order valence-electron chi connectivity index (χ1n) is 5.38. The van der Waals surface area contributed by atoms with E-state index in [1.165, 1.54) is 0 Å². The van der Waals surface area contributed by atoms with E-state index in [4.69, 9.17) is 23.2 Å². The number of nitrogens with zero attached hydrogens (tertiary/aromatic N) is 1. The van der Waals surface area contributed by atoms with Crippen molar-refractivity contribution in [2.24, 2.45) is 5.92 Å². The van der Waals surface area contributed by atoms with Crippen LogP contribution in [0.15, 0.2) is 11.1 Å². The molecule has 0 spiro atoms. The topological polar surface area (TPSA) is 3.24 Å². The van der Waals surface area contributed by atoms with E-state index >= 15 is 0 Å². The Balaban J connectivity index is 2.45. The number of halogens is 2. The summed E-state index contributed by atoms with van der Waals surface area (Å²) in [5.41, 5.74) is 0. The molecule has 1 aliphatic rings. The van der Waals surface area contributed by atoms with Crippen LogP contribution >= 0.6 is 23.2 Å². The predicted molar refractivity (Wildman–Crippen MR) is 64.1 cm³/mol. The third kappa shape index (κ3) is 3.45. The van der Waals surface area contributed by atoms with Crippen LogP contribution in [0.2, 0.25) is 0 Å². The molecule has 0 amide bonds. The van der Waals surface area contributed by atoms with Gasteiger partial charge in [-0.25, -0.2) is 0 Å². The van der Waals surface area contributed by atoms with E-state index in [1.54, 1.807) is 0 Å². The van der Waals surface area contributed by atoms with Crippen LogP contribution in [0.5, 0.6) is 0 Å². The summed E-state index contributed by atoms with van der Waals surface area (Å²) in [6.07, 6.45) is 3.99. The van der Waals surface area contributed by atoms with Crippen molar-refractivity contribution in [2.75, 3.05) is 19.6 Å². The minimum absolute atomic E-state index is 0.216. The summed E-state index contributed by atoms with van der Waals surface area (Å²) in [7, 11) is 0. The van der Waals surface area contributed by atoms with Gasteiger partial charge in [-0.15, -0.1) is 11.6 Å². The molecule has 0 heterocycles. The van der Waals surface area contributed by atoms with Gasteiger partial charge in [0.25, 0.3) is 0 Å². The molecule has 0 aromatic heterocycles. The lowest BCUT2D eigenvalue weighted by Gasteiger charge is -2.30. The Hall–Kier alpha value is 0.280. The van der Waals surface area contributed by atoms with Crippen LogP contribution in [0.4, 0.5) is 0 Å². The zero-order valence-electron chi connectivity index (χ0n) is 8.97. The summed E-state index contributed by atoms with van der Waals surface area (Å²) in [5, 5.41) is 1.15. The van der Waals surface area contributed by atoms with Gasteiger partial charge < -0.3 is 4.90 Å². The molecule has 1 aliphatic carbocycles. The van der Waals surface area contributed by atoms with E-state index < -0.39 is 0 Å². The van der Waals surface area contributed by atoms with E-state index in [2.05, 4.69) is 24.8 Å². The van der Waals surface area contributed by atoms with Crippen molar-refractivity contribution in [3.05, 3.63) is 11.1 Å². The van der Waals surface area contributed by atoms with Crippen LogP contribution in [0.25, 0.3) is 0 Å². The molecule has 2 atom stereocenters. The lowest BCUT2D eigenvalue weighted by molar-refractivity contribution is 0.245. The number of alkyl halides is 1. The van der Waals surface area contributed by atoms with Crippen molar-refractivity contribution in [1.82, 2.24) is 4.90 Å². The summed E-state index contributed by atoms with van der Waals surface area (Å²) in [5.74, 6) is 0.569. The van der Waals surface area contributed by atoms with Crippen molar-refractivity contribution >= 4 is 23.2 Å². The number of allylic oxidation sites excluding steroid dienone is 2. The molecule has 0 aromatic rings. The summed E-state index contributed by atoms with van der Waals surface area (Å²) in [6.45, 7) is 7.70. The maximum absolute atomic E-state index is 6.28. The summed E-state index contributed by atoms with van der Waals surface area (Å²) in [6, 6.07) is 0. The van der Waals surface area contributed by atoms with Gasteiger partial charge in [-0.1, -0.05) is 31.5 Å². The highest BCUT2D eigenvalue weighted by atomic mass is 35.5. The minimum atomic E-state index is 0.216. The average molecular weight is 236 g/mol. The second kappa shape index (κ2) is 5.99. The van der Waals surface area contributed by atoms with Gasteiger partial charge >= 0.3 is 0 Å². The largest absolute Gasteiger partial charge is 0.304 e. The molecular weight excluding hydrogens is 217 g/mol. The highest BCUT2D eigenvalue weighted by Gasteiger charge is 2.24. The fourth-order valence-corrected chi connectivity index (χ4v) is 2.55. The van der Waals surface area contributed by atoms with Gasteiger partial charge in [0.05, 0.1) is 0 Å². The van der Waals surface area contributed by atoms with Gasteiger partial charge in [0, 0.05) is 17.0 Å². The van der Waals surface area contributed by atoms with Crippen molar-refractivity contribution in [3.8, 4) is 0 Å². The van der Waals surface area contributed by atoms with Gasteiger partial charge in [0.15, 0.2) is 0 Å². The lowest BCUT2D eigenvalue weighted by atomic mass is 9.93. The Morgan fingerprint density at radius 1 is 1.43 bits per heavy atom. The second-order valence-corrected chi connectivity index (χ2v) is 4.90. The number of hydrogen-bond donors (Lipinski definition) is 0. The molecule has 2 unspecified atom stereocenters. The standard InChI is InChI=1S/C11H19Cl2N/c1-3-14(4-2)8-9-5-6-10(12)7-11(9)13/h6,9,11H,3-5,7-8H2,1-2H3. The molecule has 0 aromatic carbocycles. The fourth-order valence-electron chi connectivity index (χ4n) is 1.87. The molecule has 3 heteroatoms. The molecule has 0 radical (unpaired) electrons. The van der Waals surface area contributed by atoms with Crippen LogP contribution in [0, 0.1) is 5.92 Å². The van der Waals surface area contributed by atoms with Crippen LogP contribution in [0.1, 0.15) is 26.7 Å². The smallest absolute Gasteiger partial charge is 0.0428 e. The van der Waals surface area contributed by atoms with Crippen molar-refractivity contribution < 1.29 is 0 Å². The normalized spacial score (nSPS) is 27.9. The first-order valence-corrected chi connectivity index (χ1v) is 6.19. The second-order valence-electron chi connectivity index (χ2n) is 3.85. The molecule has 0 aliphatic heterocycles. The molecule has 0 N–H and O–H groups in total. The van der Waals surface area contributed by atoms with Gasteiger partial charge in [-0.2, -0.15) is 0 Å². The zero-order chi connectivity index (χ0) is 10.6. The molecule has 14 heavy (non-hydrogen) atoms. The molecule has 0 fully saturated rings. The van der Waals surface area contributed by atoms with E-state index in [9.17, 15) is 0 Å². The van der Waals surface area contributed by atoms with Crippen LogP contribution < -0.4 is 0 Å². The molecule has 0 saturated carbocycles. The monoisotopic (exact) mass is 235 g/mol. The van der Waals surface area contributed by atoms with Crippen LogP contribution in [0.3, 0.4) is 0 Å².